The molecule has 0 saturated carbocycles. The van der Waals surface area contributed by atoms with Crippen molar-refractivity contribution in [2.45, 2.75) is 0 Å². The van der Waals surface area contributed by atoms with E-state index in [1.54, 1.807) is 13.3 Å². The Balaban J connectivity index is 1.67. The van der Waals surface area contributed by atoms with Gasteiger partial charge in [-0.1, -0.05) is 0 Å². The van der Waals surface area contributed by atoms with E-state index in [4.69, 9.17) is 9.72 Å². The average Bonchev–Trinajstić information content (AvgIpc) is 3.30. The minimum atomic E-state index is 0.726. The molecule has 0 fully saturated rings. The average molecular weight is 330 g/mol. The smallest absolute Gasteiger partial charge is 0.157 e. The van der Waals surface area contributed by atoms with Crippen LogP contribution < -0.4 is 10.1 Å². The van der Waals surface area contributed by atoms with E-state index in [1.807, 2.05) is 42.6 Å². The van der Waals surface area contributed by atoms with Gasteiger partial charge in [-0.2, -0.15) is 10.2 Å². The van der Waals surface area contributed by atoms with Crippen molar-refractivity contribution in [3.63, 3.8) is 0 Å². The summed E-state index contributed by atoms with van der Waals surface area (Å²) in [5.74, 6) is 1.52. The van der Waals surface area contributed by atoms with Crippen LogP contribution >= 0.6 is 0 Å². The first kappa shape index (κ1) is 13.8. The van der Waals surface area contributed by atoms with E-state index in [0.717, 1.165) is 50.0 Å². The molecule has 5 rings (SSSR count). The van der Waals surface area contributed by atoms with Crippen molar-refractivity contribution in [1.82, 2.24) is 25.4 Å². The number of aromatic nitrogens is 5. The van der Waals surface area contributed by atoms with Crippen LogP contribution in [0.1, 0.15) is 0 Å². The summed E-state index contributed by atoms with van der Waals surface area (Å²) in [5.41, 5.74) is 3.62. The summed E-state index contributed by atoms with van der Waals surface area (Å²) in [4.78, 5) is 4.75. The standard InChI is InChI=1S/C18H14N6O/c1-25-12-4-5-15-13(7-12)14-9-20-24-17(14)18(22-15)21-11-3-2-10-8-19-23-16(10)6-11/h2-9H,1H3,(H,19,23)(H,20,24)(H,21,22). The number of methoxy groups -OCH3 is 1. The highest BCUT2D eigenvalue weighted by Crippen LogP contribution is 2.32. The third-order valence-electron chi connectivity index (χ3n) is 4.31. The molecule has 0 bridgehead atoms. The van der Waals surface area contributed by atoms with Gasteiger partial charge in [0.15, 0.2) is 5.82 Å². The summed E-state index contributed by atoms with van der Waals surface area (Å²) < 4.78 is 5.32. The van der Waals surface area contributed by atoms with E-state index in [9.17, 15) is 0 Å². The normalized spacial score (nSPS) is 11.4. The number of anilines is 2. The topological polar surface area (TPSA) is 91.5 Å². The van der Waals surface area contributed by atoms with E-state index in [2.05, 4.69) is 25.7 Å². The van der Waals surface area contributed by atoms with Crippen LogP contribution in [0.5, 0.6) is 5.75 Å². The summed E-state index contributed by atoms with van der Waals surface area (Å²) in [6.45, 7) is 0. The second-order valence-corrected chi connectivity index (χ2v) is 5.80. The maximum Gasteiger partial charge on any atom is 0.157 e. The first-order valence-electron chi connectivity index (χ1n) is 7.83. The van der Waals surface area contributed by atoms with Crippen molar-refractivity contribution < 1.29 is 4.74 Å². The maximum absolute atomic E-state index is 5.32. The van der Waals surface area contributed by atoms with Crippen LogP contribution in [-0.2, 0) is 0 Å². The second-order valence-electron chi connectivity index (χ2n) is 5.80. The Kier molecular flexibility index (Phi) is 2.87. The van der Waals surface area contributed by atoms with Gasteiger partial charge in [0.2, 0.25) is 0 Å². The van der Waals surface area contributed by atoms with Crippen molar-refractivity contribution >= 4 is 44.2 Å². The number of nitrogens with one attached hydrogen (secondary N) is 3. The van der Waals surface area contributed by atoms with E-state index >= 15 is 0 Å². The van der Waals surface area contributed by atoms with Gasteiger partial charge in [0, 0.05) is 21.8 Å². The van der Waals surface area contributed by atoms with Crippen molar-refractivity contribution in [3.05, 3.63) is 48.8 Å². The molecule has 0 spiro atoms. The molecule has 7 heteroatoms. The molecule has 0 aliphatic rings. The van der Waals surface area contributed by atoms with Gasteiger partial charge in [-0.3, -0.25) is 10.2 Å². The zero-order valence-corrected chi connectivity index (χ0v) is 13.4. The predicted octanol–water partition coefficient (Wildman–Crippen LogP) is 3.74. The molecule has 3 N–H and O–H groups in total. The van der Waals surface area contributed by atoms with Gasteiger partial charge in [0.05, 0.1) is 30.5 Å². The number of nitrogens with zero attached hydrogens (tertiary/aromatic N) is 3. The van der Waals surface area contributed by atoms with Gasteiger partial charge in [0.25, 0.3) is 0 Å². The third-order valence-corrected chi connectivity index (χ3v) is 4.31. The molecule has 2 aromatic carbocycles. The number of hydrogen-bond donors (Lipinski definition) is 3. The molecular weight excluding hydrogens is 316 g/mol. The Morgan fingerprint density at radius 1 is 0.960 bits per heavy atom. The van der Waals surface area contributed by atoms with Crippen LogP contribution in [0.2, 0.25) is 0 Å². The van der Waals surface area contributed by atoms with E-state index in [0.29, 0.717) is 0 Å². The van der Waals surface area contributed by atoms with Crippen molar-refractivity contribution in [2.75, 3.05) is 12.4 Å². The summed E-state index contributed by atoms with van der Waals surface area (Å²) in [5, 5.41) is 20.7. The number of hydrogen-bond acceptors (Lipinski definition) is 5. The Morgan fingerprint density at radius 2 is 1.88 bits per heavy atom. The predicted molar refractivity (Wildman–Crippen MR) is 97.3 cm³/mol. The Bertz CT molecular complexity index is 1220. The quantitative estimate of drug-likeness (QED) is 0.469. The number of pyridine rings is 1. The van der Waals surface area contributed by atoms with Gasteiger partial charge in [-0.05, 0) is 36.4 Å². The number of benzene rings is 2. The highest BCUT2D eigenvalue weighted by Gasteiger charge is 2.12. The van der Waals surface area contributed by atoms with Crippen LogP contribution in [-0.4, -0.2) is 32.5 Å². The van der Waals surface area contributed by atoms with Crippen LogP contribution in [0.3, 0.4) is 0 Å². The summed E-state index contributed by atoms with van der Waals surface area (Å²) in [6.07, 6.45) is 3.61. The van der Waals surface area contributed by atoms with Crippen molar-refractivity contribution in [2.24, 2.45) is 0 Å². The molecule has 0 saturated heterocycles. The lowest BCUT2D eigenvalue weighted by Gasteiger charge is -2.10. The third kappa shape index (κ3) is 2.17. The molecular formula is C18H14N6O. The maximum atomic E-state index is 5.32. The molecule has 122 valence electrons. The van der Waals surface area contributed by atoms with Crippen LogP contribution in [0.4, 0.5) is 11.5 Å². The molecule has 5 aromatic rings. The zero-order chi connectivity index (χ0) is 16.8. The molecule has 0 aliphatic carbocycles. The number of fused-ring (bicyclic) bond motifs is 4. The zero-order valence-electron chi connectivity index (χ0n) is 13.4. The van der Waals surface area contributed by atoms with Crippen LogP contribution in [0, 0.1) is 0 Å². The molecule has 3 aromatic heterocycles. The number of ether oxygens (including phenoxy) is 1. The summed E-state index contributed by atoms with van der Waals surface area (Å²) >= 11 is 0. The summed E-state index contributed by atoms with van der Waals surface area (Å²) in [6, 6.07) is 11.8. The first-order valence-corrected chi connectivity index (χ1v) is 7.83. The van der Waals surface area contributed by atoms with Crippen molar-refractivity contribution in [1.29, 1.82) is 0 Å². The Hall–Kier alpha value is -3.61. The molecule has 0 atom stereocenters. The minimum absolute atomic E-state index is 0.726. The first-order chi connectivity index (χ1) is 12.3. The molecule has 0 aliphatic heterocycles. The van der Waals surface area contributed by atoms with Gasteiger partial charge in [-0.15, -0.1) is 0 Å². The SMILES string of the molecule is COc1ccc2nc(Nc3ccc4cn[nH]c4c3)c3[nH]ncc3c2c1. The van der Waals surface area contributed by atoms with E-state index in [-0.39, 0.29) is 0 Å². The van der Waals surface area contributed by atoms with E-state index in [1.165, 1.54) is 0 Å². The Morgan fingerprint density at radius 3 is 2.80 bits per heavy atom. The van der Waals surface area contributed by atoms with E-state index < -0.39 is 0 Å². The summed E-state index contributed by atoms with van der Waals surface area (Å²) in [7, 11) is 1.66. The lowest BCUT2D eigenvalue weighted by molar-refractivity contribution is 0.415. The largest absolute Gasteiger partial charge is 0.497 e. The molecule has 0 unspecified atom stereocenters. The molecule has 0 radical (unpaired) electrons. The minimum Gasteiger partial charge on any atom is -0.497 e. The number of aromatic amines is 2. The molecule has 0 amide bonds. The monoisotopic (exact) mass is 330 g/mol. The number of H-pyrrole nitrogens is 2. The van der Waals surface area contributed by atoms with Gasteiger partial charge in [0.1, 0.15) is 11.3 Å². The number of rotatable bonds is 3. The van der Waals surface area contributed by atoms with Crippen LogP contribution in [0.25, 0.3) is 32.7 Å². The fourth-order valence-corrected chi connectivity index (χ4v) is 3.04. The molecule has 25 heavy (non-hydrogen) atoms. The second kappa shape index (κ2) is 5.20. The van der Waals surface area contributed by atoms with Gasteiger partial charge < -0.3 is 10.1 Å². The highest BCUT2D eigenvalue weighted by molar-refractivity contribution is 6.09. The van der Waals surface area contributed by atoms with Crippen molar-refractivity contribution in [3.8, 4) is 5.75 Å². The van der Waals surface area contributed by atoms with Gasteiger partial charge >= 0.3 is 0 Å². The lowest BCUT2D eigenvalue weighted by atomic mass is 10.1. The highest BCUT2D eigenvalue weighted by atomic mass is 16.5. The Labute approximate surface area is 142 Å². The molecule has 3 heterocycles. The fraction of sp³-hybridized carbons (Fsp3) is 0.0556. The fourth-order valence-electron chi connectivity index (χ4n) is 3.04. The van der Waals surface area contributed by atoms with Gasteiger partial charge in [-0.25, -0.2) is 4.98 Å². The molecule has 7 nitrogen and oxygen atoms in total. The van der Waals surface area contributed by atoms with Crippen LogP contribution in [0.15, 0.2) is 48.8 Å². The lowest BCUT2D eigenvalue weighted by Crippen LogP contribution is -1.96.